The fraction of sp³-hybridized carbons (Fsp3) is 0. The van der Waals surface area contributed by atoms with Crippen molar-refractivity contribution in [2.75, 3.05) is 0 Å². The summed E-state index contributed by atoms with van der Waals surface area (Å²) in [4.78, 5) is 0. The first-order valence-electron chi connectivity index (χ1n) is 2.73. The fourth-order valence-corrected chi connectivity index (χ4v) is 3.10. The molecule has 1 aromatic carbocycles. The Morgan fingerprint density at radius 1 is 1.30 bits per heavy atom. The van der Waals surface area contributed by atoms with Crippen molar-refractivity contribution in [1.29, 1.82) is 0 Å². The number of hydrogen-bond acceptors (Lipinski definition) is 0. The zero-order valence-corrected chi connectivity index (χ0v) is 9.59. The van der Waals surface area contributed by atoms with Crippen LogP contribution in [0.4, 0.5) is 0 Å². The van der Waals surface area contributed by atoms with Crippen LogP contribution >= 0.6 is 36.6 Å². The molecule has 0 aromatic heterocycles. The van der Waals surface area contributed by atoms with Crippen LogP contribution in [0, 0.1) is 0 Å². The zero-order valence-electron chi connectivity index (χ0n) is 5.07. The Morgan fingerprint density at radius 3 is 2.50 bits per heavy atom. The third-order valence-corrected chi connectivity index (χ3v) is 3.40. The Hall–Kier alpha value is 1.05. The molecule has 1 aromatic rings. The van der Waals surface area contributed by atoms with Crippen LogP contribution in [0.15, 0.2) is 22.7 Å². The van der Waals surface area contributed by atoms with Gasteiger partial charge in [0, 0.05) is 9.50 Å². The quantitative estimate of drug-likeness (QED) is 0.672. The molecular weight excluding hydrogens is 247 g/mol. The molecule has 0 atom stereocenters. The van der Waals surface area contributed by atoms with Crippen LogP contribution < -0.4 is 3.69 Å². The molecule has 10 heavy (non-hydrogen) atoms. The van der Waals surface area contributed by atoms with Gasteiger partial charge in [0.1, 0.15) is 0 Å². The Morgan fingerprint density at radius 2 is 2.00 bits per heavy atom. The van der Waals surface area contributed by atoms with Crippen LogP contribution in [0.25, 0.3) is 0 Å². The summed E-state index contributed by atoms with van der Waals surface area (Å²) in [5.41, 5.74) is 0. The van der Waals surface area contributed by atoms with Crippen molar-refractivity contribution in [2.45, 2.75) is 0 Å². The fourth-order valence-electron chi connectivity index (χ4n) is 0.688. The van der Waals surface area contributed by atoms with Gasteiger partial charge in [-0.05, 0) is 6.07 Å². The van der Waals surface area contributed by atoms with Gasteiger partial charge < -0.3 is 9.07 Å². The minimum absolute atomic E-state index is 0.594. The molecule has 0 spiro atoms. The molecule has 0 nitrogen and oxygen atoms in total. The lowest BCUT2D eigenvalue weighted by atomic mass is 10.4. The molecule has 0 aliphatic carbocycles. The summed E-state index contributed by atoms with van der Waals surface area (Å²) < 4.78 is 2.17. The molecule has 50 valence electrons. The molecule has 1 rings (SSSR count). The smallest absolute Gasteiger partial charge is 0.336 e. The first-order valence-corrected chi connectivity index (χ1v) is 6.75. The van der Waals surface area contributed by atoms with Gasteiger partial charge in [-0.25, -0.2) is 0 Å². The standard InChI is InChI=1S/C6H3BrCl.ClH.Mg/c7-5-2-1-3-6(8)4-5;;/h2-4H;1H;/q;;+1/p-1. The van der Waals surface area contributed by atoms with Crippen molar-refractivity contribution in [3.05, 3.63) is 27.7 Å². The lowest BCUT2D eigenvalue weighted by Crippen LogP contribution is -2.07. The van der Waals surface area contributed by atoms with Gasteiger partial charge in [-0.1, -0.05) is 39.7 Å². The third kappa shape index (κ3) is 2.59. The second-order valence-corrected chi connectivity index (χ2v) is 5.15. The molecule has 0 aliphatic heterocycles. The minimum atomic E-state index is -0.594. The van der Waals surface area contributed by atoms with E-state index >= 15 is 0 Å². The third-order valence-electron chi connectivity index (χ3n) is 1.08. The van der Waals surface area contributed by atoms with E-state index in [4.69, 9.17) is 20.7 Å². The van der Waals surface area contributed by atoms with Gasteiger partial charge in [0.15, 0.2) is 0 Å². The second-order valence-electron chi connectivity index (χ2n) is 1.91. The molecule has 0 radical (unpaired) electrons. The van der Waals surface area contributed by atoms with E-state index in [2.05, 4.69) is 15.9 Å². The van der Waals surface area contributed by atoms with Crippen LogP contribution in [-0.2, 0) is 0 Å². The van der Waals surface area contributed by atoms with Crippen molar-refractivity contribution in [3.8, 4) is 0 Å². The summed E-state index contributed by atoms with van der Waals surface area (Å²) in [6, 6.07) is 5.77. The predicted octanol–water partition coefficient (Wildman–Crippen LogP) is 2.59. The average molecular weight is 250 g/mol. The van der Waals surface area contributed by atoms with Crippen molar-refractivity contribution < 1.29 is 0 Å². The zero-order chi connectivity index (χ0) is 7.56. The van der Waals surface area contributed by atoms with Crippen LogP contribution in [0.3, 0.4) is 0 Å². The van der Waals surface area contributed by atoms with Gasteiger partial charge in [-0.2, -0.15) is 0 Å². The van der Waals surface area contributed by atoms with Crippen LogP contribution in [0.2, 0.25) is 5.02 Å². The lowest BCUT2D eigenvalue weighted by Gasteiger charge is -1.96. The first kappa shape index (κ1) is 9.14. The maximum Gasteiger partial charge on any atom is 0.538 e. The van der Waals surface area contributed by atoms with E-state index in [0.717, 1.165) is 9.50 Å². The van der Waals surface area contributed by atoms with Crippen molar-refractivity contribution in [3.63, 3.8) is 0 Å². The molecule has 0 bridgehead atoms. The second kappa shape index (κ2) is 4.17. The van der Waals surface area contributed by atoms with Gasteiger partial charge in [0.25, 0.3) is 0 Å². The van der Waals surface area contributed by atoms with Crippen molar-refractivity contribution >= 4 is 59.6 Å². The maximum atomic E-state index is 5.76. The van der Waals surface area contributed by atoms with Crippen molar-refractivity contribution in [2.24, 2.45) is 0 Å². The highest BCUT2D eigenvalue weighted by Crippen LogP contribution is 2.14. The summed E-state index contributed by atoms with van der Waals surface area (Å²) in [6.07, 6.45) is 0. The number of rotatable bonds is 1. The van der Waals surface area contributed by atoms with E-state index in [1.807, 2.05) is 18.2 Å². The Bertz CT molecular complexity index is 219. The Kier molecular flexibility index (Phi) is 3.81. The summed E-state index contributed by atoms with van der Waals surface area (Å²) in [6.45, 7) is 0. The highest BCUT2D eigenvalue weighted by Gasteiger charge is 1.98. The predicted molar refractivity (Wildman–Crippen MR) is 50.4 cm³/mol. The Labute approximate surface area is 86.5 Å². The van der Waals surface area contributed by atoms with E-state index in [1.165, 1.54) is 3.69 Å². The molecule has 0 saturated heterocycles. The van der Waals surface area contributed by atoms with Gasteiger partial charge in [-0.3, -0.25) is 0 Å². The molecule has 0 N–H and O–H groups in total. The summed E-state index contributed by atoms with van der Waals surface area (Å²) in [5.74, 6) is 0. The van der Waals surface area contributed by atoms with E-state index in [-0.39, 0.29) is 0 Å². The van der Waals surface area contributed by atoms with Gasteiger partial charge in [-0.15, -0.1) is 3.69 Å². The SMILES string of the molecule is [Cl][Mg][c]1cc(Cl)cc(Br)c1. The monoisotopic (exact) mass is 248 g/mol. The van der Waals surface area contributed by atoms with Crippen LogP contribution in [-0.4, -0.2) is 19.3 Å². The maximum absolute atomic E-state index is 5.76. The first-order chi connectivity index (χ1) is 4.72. The van der Waals surface area contributed by atoms with E-state index in [9.17, 15) is 0 Å². The van der Waals surface area contributed by atoms with Crippen LogP contribution in [0.5, 0.6) is 0 Å². The highest BCUT2D eigenvalue weighted by atomic mass is 79.9. The topological polar surface area (TPSA) is 0 Å². The summed E-state index contributed by atoms with van der Waals surface area (Å²) >= 11 is 8.50. The molecule has 0 amide bonds. The number of hydrogen-bond donors (Lipinski definition) is 0. The van der Waals surface area contributed by atoms with Crippen LogP contribution in [0.1, 0.15) is 0 Å². The number of benzene rings is 1. The molecule has 4 heteroatoms. The highest BCUT2D eigenvalue weighted by molar-refractivity contribution is 9.10. The minimum Gasteiger partial charge on any atom is -0.336 e. The molecule has 0 unspecified atom stereocenters. The molecule has 0 aliphatic rings. The van der Waals surface area contributed by atoms with Gasteiger partial charge in [0.05, 0.1) is 0 Å². The lowest BCUT2D eigenvalue weighted by molar-refractivity contribution is 1.70. The normalized spacial score (nSPS) is 9.10. The number of halogens is 3. The Balaban J connectivity index is 3.06. The van der Waals surface area contributed by atoms with Crippen molar-refractivity contribution in [1.82, 2.24) is 0 Å². The largest absolute Gasteiger partial charge is 0.538 e. The average Bonchev–Trinajstić information content (AvgIpc) is 1.85. The van der Waals surface area contributed by atoms with E-state index in [1.54, 1.807) is 0 Å². The summed E-state index contributed by atoms with van der Waals surface area (Å²) in [5, 5.41) is 0.748. The van der Waals surface area contributed by atoms with E-state index in [0.29, 0.717) is 0 Å². The van der Waals surface area contributed by atoms with E-state index < -0.39 is 19.3 Å². The van der Waals surface area contributed by atoms with Gasteiger partial charge in [0.2, 0.25) is 0 Å². The molecule has 0 heterocycles. The van der Waals surface area contributed by atoms with Gasteiger partial charge >= 0.3 is 19.3 Å². The molecular formula is C6H3BrCl2Mg. The molecule has 0 saturated carbocycles. The summed E-state index contributed by atoms with van der Waals surface area (Å²) in [7, 11) is 5.73. The molecule has 0 fully saturated rings.